The topological polar surface area (TPSA) is 54.3 Å². The fraction of sp³-hybridized carbons (Fsp3) is 0.286. The summed E-state index contributed by atoms with van der Waals surface area (Å²) in [5.74, 6) is -0.0411. The first-order valence-corrected chi connectivity index (χ1v) is 8.59. The molecule has 0 fully saturated rings. The summed E-state index contributed by atoms with van der Waals surface area (Å²) in [4.78, 5) is 12.2. The quantitative estimate of drug-likeness (QED) is 0.726. The van der Waals surface area contributed by atoms with E-state index in [4.69, 9.17) is 0 Å². The molecule has 1 amide bonds. The lowest BCUT2D eigenvalue weighted by atomic mass is 10.0. The minimum absolute atomic E-state index is 0.0411. The second-order valence-corrected chi connectivity index (χ2v) is 6.46. The summed E-state index contributed by atoms with van der Waals surface area (Å²) in [6, 6.07) is 15.9. The highest BCUT2D eigenvalue weighted by Crippen LogP contribution is 2.21. The number of amides is 1. The zero-order chi connectivity index (χ0) is 17.8. The number of aromatic nitrogens is 1. The van der Waals surface area contributed by atoms with E-state index in [9.17, 15) is 9.90 Å². The van der Waals surface area contributed by atoms with E-state index in [2.05, 4.69) is 28.2 Å². The molecule has 1 heterocycles. The summed E-state index contributed by atoms with van der Waals surface area (Å²) in [6.45, 7) is 2.19. The van der Waals surface area contributed by atoms with Crippen LogP contribution in [0.3, 0.4) is 0 Å². The lowest BCUT2D eigenvalue weighted by molar-refractivity contribution is -0.121. The molecule has 1 unspecified atom stereocenters. The molecule has 0 aliphatic rings. The number of benzene rings is 2. The molecule has 3 rings (SSSR count). The van der Waals surface area contributed by atoms with Gasteiger partial charge >= 0.3 is 0 Å². The van der Waals surface area contributed by atoms with Crippen LogP contribution in [0.4, 0.5) is 0 Å². The number of rotatable bonds is 6. The molecule has 2 aromatic carbocycles. The number of nitrogens with zero attached hydrogens (tertiary/aromatic N) is 1. The van der Waals surface area contributed by atoms with Crippen molar-refractivity contribution in [1.29, 1.82) is 0 Å². The number of hydrogen-bond acceptors (Lipinski definition) is 2. The number of fused-ring (bicyclic) bond motifs is 1. The summed E-state index contributed by atoms with van der Waals surface area (Å²) in [5.41, 5.74) is 4.23. The van der Waals surface area contributed by atoms with Crippen molar-refractivity contribution >= 4 is 16.8 Å². The summed E-state index contributed by atoms with van der Waals surface area (Å²) in [5, 5.41) is 14.3. The number of nitrogens with one attached hydrogen (secondary N) is 1. The molecule has 0 spiro atoms. The first kappa shape index (κ1) is 17.2. The van der Waals surface area contributed by atoms with Crippen LogP contribution < -0.4 is 5.32 Å². The molecule has 4 heteroatoms. The SMILES string of the molecule is Cc1ccccc1C(O)CNC(=O)CCc1cn(C)c2ccccc12. The largest absolute Gasteiger partial charge is 0.387 e. The molecule has 0 aliphatic heterocycles. The number of carbonyl (C=O) groups is 1. The fourth-order valence-electron chi connectivity index (χ4n) is 3.24. The third-order valence-electron chi connectivity index (χ3n) is 4.64. The minimum Gasteiger partial charge on any atom is -0.387 e. The molecular weight excluding hydrogens is 312 g/mol. The molecule has 1 atom stereocenters. The van der Waals surface area contributed by atoms with Gasteiger partial charge in [0.2, 0.25) is 5.91 Å². The van der Waals surface area contributed by atoms with Gasteiger partial charge in [0.25, 0.3) is 0 Å². The van der Waals surface area contributed by atoms with Crippen LogP contribution in [0.1, 0.15) is 29.2 Å². The van der Waals surface area contributed by atoms with Gasteiger partial charge in [-0.3, -0.25) is 4.79 Å². The highest BCUT2D eigenvalue weighted by Gasteiger charge is 2.12. The number of carbonyl (C=O) groups excluding carboxylic acids is 1. The zero-order valence-corrected chi connectivity index (χ0v) is 14.7. The molecule has 130 valence electrons. The first-order chi connectivity index (χ1) is 12.1. The van der Waals surface area contributed by atoms with Gasteiger partial charge in [0, 0.05) is 37.1 Å². The van der Waals surface area contributed by atoms with E-state index in [0.717, 1.165) is 11.1 Å². The van der Waals surface area contributed by atoms with Gasteiger partial charge in [0.1, 0.15) is 0 Å². The molecule has 25 heavy (non-hydrogen) atoms. The van der Waals surface area contributed by atoms with E-state index in [1.54, 1.807) is 0 Å². The van der Waals surface area contributed by atoms with Crippen LogP contribution in [-0.2, 0) is 18.3 Å². The Bertz CT molecular complexity index is 882. The number of aliphatic hydroxyl groups excluding tert-OH is 1. The Balaban J connectivity index is 1.55. The predicted octanol–water partition coefficient (Wildman–Crippen LogP) is 3.27. The summed E-state index contributed by atoms with van der Waals surface area (Å²) in [6.07, 6.45) is 2.50. The van der Waals surface area contributed by atoms with Crippen molar-refractivity contribution < 1.29 is 9.90 Å². The normalized spacial score (nSPS) is 12.3. The summed E-state index contributed by atoms with van der Waals surface area (Å²) < 4.78 is 2.09. The Hall–Kier alpha value is -2.59. The zero-order valence-electron chi connectivity index (χ0n) is 14.7. The lowest BCUT2D eigenvalue weighted by Crippen LogP contribution is -2.28. The van der Waals surface area contributed by atoms with Gasteiger partial charge in [-0.25, -0.2) is 0 Å². The van der Waals surface area contributed by atoms with Crippen molar-refractivity contribution in [2.24, 2.45) is 7.05 Å². The van der Waals surface area contributed by atoms with Crippen molar-refractivity contribution in [3.05, 3.63) is 71.4 Å². The number of aryl methyl sites for hydroxylation is 3. The maximum atomic E-state index is 12.2. The van der Waals surface area contributed by atoms with Crippen molar-refractivity contribution in [3.8, 4) is 0 Å². The molecule has 0 bridgehead atoms. The van der Waals surface area contributed by atoms with Gasteiger partial charge < -0.3 is 15.0 Å². The standard InChI is InChI=1S/C21H24N2O2/c1-15-7-3-4-8-17(15)20(24)13-22-21(25)12-11-16-14-23(2)19-10-6-5-9-18(16)19/h3-10,14,20,24H,11-13H2,1-2H3,(H,22,25). The molecule has 0 aliphatic carbocycles. The van der Waals surface area contributed by atoms with Crippen LogP contribution in [-0.4, -0.2) is 22.1 Å². The number of para-hydroxylation sites is 1. The Morgan fingerprint density at radius 3 is 2.68 bits per heavy atom. The number of aliphatic hydroxyl groups is 1. The van der Waals surface area contributed by atoms with E-state index in [1.165, 1.54) is 16.5 Å². The van der Waals surface area contributed by atoms with E-state index in [-0.39, 0.29) is 12.5 Å². The minimum atomic E-state index is -0.678. The predicted molar refractivity (Wildman–Crippen MR) is 100 cm³/mol. The second-order valence-electron chi connectivity index (χ2n) is 6.46. The van der Waals surface area contributed by atoms with Crippen molar-refractivity contribution in [2.75, 3.05) is 6.54 Å². The van der Waals surface area contributed by atoms with E-state index in [0.29, 0.717) is 12.8 Å². The van der Waals surface area contributed by atoms with E-state index in [1.807, 2.05) is 50.4 Å². The lowest BCUT2D eigenvalue weighted by Gasteiger charge is -2.14. The van der Waals surface area contributed by atoms with Crippen LogP contribution in [0.15, 0.2) is 54.7 Å². The molecule has 2 N–H and O–H groups in total. The van der Waals surface area contributed by atoms with Crippen LogP contribution in [0.25, 0.3) is 10.9 Å². The molecule has 3 aromatic rings. The van der Waals surface area contributed by atoms with E-state index >= 15 is 0 Å². The second kappa shape index (κ2) is 7.53. The Morgan fingerprint density at radius 2 is 1.88 bits per heavy atom. The van der Waals surface area contributed by atoms with Gasteiger partial charge in [0.05, 0.1) is 6.10 Å². The van der Waals surface area contributed by atoms with Gasteiger partial charge in [-0.15, -0.1) is 0 Å². The smallest absolute Gasteiger partial charge is 0.220 e. The monoisotopic (exact) mass is 336 g/mol. The van der Waals surface area contributed by atoms with Crippen LogP contribution >= 0.6 is 0 Å². The molecule has 1 aromatic heterocycles. The molecule has 4 nitrogen and oxygen atoms in total. The van der Waals surface area contributed by atoms with Crippen LogP contribution in [0.2, 0.25) is 0 Å². The first-order valence-electron chi connectivity index (χ1n) is 8.59. The Kier molecular flexibility index (Phi) is 5.19. The molecule has 0 saturated heterocycles. The summed E-state index contributed by atoms with van der Waals surface area (Å²) >= 11 is 0. The maximum Gasteiger partial charge on any atom is 0.220 e. The van der Waals surface area contributed by atoms with E-state index < -0.39 is 6.10 Å². The Labute approximate surface area is 148 Å². The highest BCUT2D eigenvalue weighted by molar-refractivity contribution is 5.84. The average Bonchev–Trinajstić information content (AvgIpc) is 2.95. The van der Waals surface area contributed by atoms with Crippen molar-refractivity contribution in [3.63, 3.8) is 0 Å². The third-order valence-corrected chi connectivity index (χ3v) is 4.64. The van der Waals surface area contributed by atoms with Crippen LogP contribution in [0, 0.1) is 6.92 Å². The van der Waals surface area contributed by atoms with Crippen molar-refractivity contribution in [1.82, 2.24) is 9.88 Å². The number of hydrogen-bond donors (Lipinski definition) is 2. The fourth-order valence-corrected chi connectivity index (χ4v) is 3.24. The summed E-state index contributed by atoms with van der Waals surface area (Å²) in [7, 11) is 2.02. The molecule has 0 saturated carbocycles. The maximum absolute atomic E-state index is 12.2. The Morgan fingerprint density at radius 1 is 1.16 bits per heavy atom. The van der Waals surface area contributed by atoms with Gasteiger partial charge in [-0.1, -0.05) is 42.5 Å². The van der Waals surface area contributed by atoms with Gasteiger partial charge in [-0.05, 0) is 36.1 Å². The van der Waals surface area contributed by atoms with Crippen molar-refractivity contribution in [2.45, 2.75) is 25.9 Å². The average molecular weight is 336 g/mol. The third kappa shape index (κ3) is 3.91. The van der Waals surface area contributed by atoms with Crippen LogP contribution in [0.5, 0.6) is 0 Å². The molecular formula is C21H24N2O2. The van der Waals surface area contributed by atoms with Gasteiger partial charge in [0.15, 0.2) is 0 Å². The van der Waals surface area contributed by atoms with Gasteiger partial charge in [-0.2, -0.15) is 0 Å². The molecule has 0 radical (unpaired) electrons. The highest BCUT2D eigenvalue weighted by atomic mass is 16.3.